The molecule has 0 aliphatic carbocycles. The van der Waals surface area contributed by atoms with Gasteiger partial charge in [-0.05, 0) is 32.3 Å². The highest BCUT2D eigenvalue weighted by Crippen LogP contribution is 2.31. The van der Waals surface area contributed by atoms with Crippen LogP contribution in [0.25, 0.3) is 0 Å². The summed E-state index contributed by atoms with van der Waals surface area (Å²) in [6, 6.07) is 8.74. The molecule has 7 heteroatoms. The van der Waals surface area contributed by atoms with Crippen molar-refractivity contribution < 1.29 is 4.74 Å². The average Bonchev–Trinajstić information content (AvgIpc) is 3.04. The maximum Gasteiger partial charge on any atom is 0.192 e. The number of aryl methyl sites for hydroxylation is 1. The minimum atomic E-state index is 0.172. The van der Waals surface area contributed by atoms with Crippen LogP contribution in [0.3, 0.4) is 0 Å². The molecular weight excluding hydrogens is 376 g/mol. The molecule has 0 saturated heterocycles. The van der Waals surface area contributed by atoms with Crippen molar-refractivity contribution in [3.8, 4) is 5.75 Å². The van der Waals surface area contributed by atoms with Crippen LogP contribution in [0.5, 0.6) is 5.75 Å². The zero-order valence-corrected chi connectivity index (χ0v) is 19.0. The van der Waals surface area contributed by atoms with Gasteiger partial charge in [-0.1, -0.05) is 44.9 Å². The Morgan fingerprint density at radius 1 is 1.23 bits per heavy atom. The summed E-state index contributed by atoms with van der Waals surface area (Å²) in [5, 5.41) is 15.6. The maximum absolute atomic E-state index is 5.82. The normalized spacial score (nSPS) is 17.4. The number of aromatic nitrogens is 3. The molecule has 1 aliphatic rings. The first-order chi connectivity index (χ1) is 14.4. The number of fused-ring (bicyclic) bond motifs is 1. The Bertz CT molecular complexity index is 844. The van der Waals surface area contributed by atoms with Crippen LogP contribution in [0.2, 0.25) is 0 Å². The molecule has 0 spiro atoms. The van der Waals surface area contributed by atoms with Crippen molar-refractivity contribution in [3.63, 3.8) is 0 Å². The molecule has 0 saturated carbocycles. The van der Waals surface area contributed by atoms with Crippen LogP contribution in [-0.4, -0.2) is 33.4 Å². The zero-order chi connectivity index (χ0) is 21.5. The maximum atomic E-state index is 5.82. The summed E-state index contributed by atoms with van der Waals surface area (Å²) in [5.41, 5.74) is 1.18. The number of para-hydroxylation sites is 1. The molecule has 0 amide bonds. The topological polar surface area (TPSA) is 76.4 Å². The Hall–Kier alpha value is -2.57. The Kier molecular flexibility index (Phi) is 7.71. The van der Waals surface area contributed by atoms with Crippen molar-refractivity contribution in [1.82, 2.24) is 25.4 Å². The zero-order valence-electron chi connectivity index (χ0n) is 19.0. The third-order valence-electron chi connectivity index (χ3n) is 5.63. The van der Waals surface area contributed by atoms with E-state index in [-0.39, 0.29) is 6.04 Å². The molecule has 0 fully saturated rings. The summed E-state index contributed by atoms with van der Waals surface area (Å²) in [5.74, 6) is 4.25. The van der Waals surface area contributed by atoms with Crippen LogP contribution < -0.4 is 15.4 Å². The van der Waals surface area contributed by atoms with Gasteiger partial charge in [0.1, 0.15) is 18.1 Å². The smallest absolute Gasteiger partial charge is 0.192 e. The van der Waals surface area contributed by atoms with Crippen molar-refractivity contribution in [1.29, 1.82) is 0 Å². The molecule has 1 aromatic heterocycles. The van der Waals surface area contributed by atoms with E-state index < -0.39 is 0 Å². The van der Waals surface area contributed by atoms with Gasteiger partial charge in [0.25, 0.3) is 0 Å². The van der Waals surface area contributed by atoms with Gasteiger partial charge >= 0.3 is 0 Å². The van der Waals surface area contributed by atoms with E-state index in [2.05, 4.69) is 53.7 Å². The summed E-state index contributed by atoms with van der Waals surface area (Å²) >= 11 is 0. The van der Waals surface area contributed by atoms with E-state index in [0.717, 1.165) is 42.1 Å². The number of ether oxygens (including phenoxy) is 1. The molecule has 2 N–H and O–H groups in total. The van der Waals surface area contributed by atoms with Gasteiger partial charge in [-0.15, -0.1) is 10.2 Å². The molecular formula is C23H36N6O. The fraction of sp³-hybridized carbons (Fsp3) is 0.609. The number of nitrogens with zero attached hydrogens (tertiary/aromatic N) is 4. The van der Waals surface area contributed by atoms with Crippen LogP contribution in [0.1, 0.15) is 69.7 Å². The van der Waals surface area contributed by atoms with Gasteiger partial charge < -0.3 is 19.9 Å². The average molecular weight is 413 g/mol. The van der Waals surface area contributed by atoms with E-state index in [1.807, 2.05) is 30.7 Å². The number of nitrogens with one attached hydrogen (secondary N) is 2. The van der Waals surface area contributed by atoms with Crippen LogP contribution >= 0.6 is 0 Å². The second-order valence-electron chi connectivity index (χ2n) is 8.63. The van der Waals surface area contributed by atoms with E-state index >= 15 is 0 Å². The van der Waals surface area contributed by atoms with E-state index in [0.29, 0.717) is 19.2 Å². The standard InChI is InChI=1S/C23H36N6O/c1-16(2)9-8-10-17(3)25-23(24-15-22-28-27-18(4)29(22)5)26-20-13-14-30-21-12-7-6-11-19(20)21/h6-7,11-12,16-17,20H,8-10,13-15H2,1-5H3,(H2,24,25,26). The third kappa shape index (κ3) is 5.97. The molecule has 0 radical (unpaired) electrons. The lowest BCUT2D eigenvalue weighted by molar-refractivity contribution is 0.261. The van der Waals surface area contributed by atoms with Crippen molar-refractivity contribution in [2.75, 3.05) is 6.61 Å². The summed E-state index contributed by atoms with van der Waals surface area (Å²) in [6.07, 6.45) is 4.48. The fourth-order valence-corrected chi connectivity index (χ4v) is 3.67. The summed E-state index contributed by atoms with van der Waals surface area (Å²) in [4.78, 5) is 4.85. The molecule has 164 valence electrons. The van der Waals surface area contributed by atoms with Crippen LogP contribution in [0, 0.1) is 12.8 Å². The molecule has 2 atom stereocenters. The fourth-order valence-electron chi connectivity index (χ4n) is 3.67. The molecule has 1 aromatic carbocycles. The lowest BCUT2D eigenvalue weighted by Gasteiger charge is -2.29. The highest BCUT2D eigenvalue weighted by Gasteiger charge is 2.22. The predicted molar refractivity (Wildman–Crippen MR) is 121 cm³/mol. The molecule has 1 aliphatic heterocycles. The van der Waals surface area contributed by atoms with Crippen molar-refractivity contribution in [3.05, 3.63) is 41.5 Å². The number of hydrogen-bond donors (Lipinski definition) is 2. The largest absolute Gasteiger partial charge is 0.493 e. The van der Waals surface area contributed by atoms with Gasteiger partial charge in [0.2, 0.25) is 0 Å². The van der Waals surface area contributed by atoms with E-state index in [1.54, 1.807) is 0 Å². The molecule has 2 unspecified atom stereocenters. The predicted octanol–water partition coefficient (Wildman–Crippen LogP) is 3.90. The van der Waals surface area contributed by atoms with E-state index in [9.17, 15) is 0 Å². The van der Waals surface area contributed by atoms with E-state index in [1.165, 1.54) is 18.4 Å². The Labute approximate surface area is 180 Å². The first-order valence-electron chi connectivity index (χ1n) is 11.1. The van der Waals surface area contributed by atoms with Crippen LogP contribution in [-0.2, 0) is 13.6 Å². The van der Waals surface area contributed by atoms with Gasteiger partial charge in [0.05, 0.1) is 12.6 Å². The highest BCUT2D eigenvalue weighted by atomic mass is 16.5. The Balaban J connectivity index is 1.72. The second-order valence-corrected chi connectivity index (χ2v) is 8.63. The highest BCUT2D eigenvalue weighted by molar-refractivity contribution is 5.80. The molecule has 30 heavy (non-hydrogen) atoms. The van der Waals surface area contributed by atoms with Gasteiger partial charge in [0.15, 0.2) is 11.8 Å². The minimum Gasteiger partial charge on any atom is -0.493 e. The van der Waals surface area contributed by atoms with Crippen LogP contribution in [0.4, 0.5) is 0 Å². The monoisotopic (exact) mass is 412 g/mol. The summed E-state index contributed by atoms with van der Waals surface area (Å²) in [7, 11) is 1.98. The van der Waals surface area contributed by atoms with Gasteiger partial charge in [-0.3, -0.25) is 0 Å². The van der Waals surface area contributed by atoms with Crippen LogP contribution in [0.15, 0.2) is 29.3 Å². The van der Waals surface area contributed by atoms with Crippen molar-refractivity contribution in [2.45, 2.75) is 72.0 Å². The SMILES string of the molecule is Cc1nnc(CN=C(NC(C)CCCC(C)C)NC2CCOc3ccccc32)n1C. The summed E-state index contributed by atoms with van der Waals surface area (Å²) < 4.78 is 7.80. The lowest BCUT2D eigenvalue weighted by Crippen LogP contribution is -2.44. The van der Waals surface area contributed by atoms with Gasteiger partial charge in [-0.25, -0.2) is 4.99 Å². The first-order valence-corrected chi connectivity index (χ1v) is 11.1. The minimum absolute atomic E-state index is 0.172. The summed E-state index contributed by atoms with van der Waals surface area (Å²) in [6.45, 7) is 9.91. The van der Waals surface area contributed by atoms with Gasteiger partial charge in [-0.2, -0.15) is 0 Å². The molecule has 2 aromatic rings. The molecule has 7 nitrogen and oxygen atoms in total. The molecule has 2 heterocycles. The van der Waals surface area contributed by atoms with Crippen molar-refractivity contribution >= 4 is 5.96 Å². The Morgan fingerprint density at radius 2 is 2.03 bits per heavy atom. The number of rotatable bonds is 8. The Morgan fingerprint density at radius 3 is 2.77 bits per heavy atom. The van der Waals surface area contributed by atoms with E-state index in [4.69, 9.17) is 9.73 Å². The number of guanidine groups is 1. The number of hydrogen-bond acceptors (Lipinski definition) is 4. The molecule has 3 rings (SSSR count). The second kappa shape index (κ2) is 10.5. The van der Waals surface area contributed by atoms with Gasteiger partial charge in [0, 0.05) is 25.1 Å². The number of benzene rings is 1. The quantitative estimate of drug-likeness (QED) is 0.508. The molecule has 0 bridgehead atoms. The van der Waals surface area contributed by atoms with Crippen molar-refractivity contribution in [2.24, 2.45) is 18.0 Å². The third-order valence-corrected chi connectivity index (χ3v) is 5.63. The lowest BCUT2D eigenvalue weighted by atomic mass is 10.0. The first kappa shape index (κ1) is 22.1. The number of aliphatic imine (C=N–C) groups is 1.